The summed E-state index contributed by atoms with van der Waals surface area (Å²) < 4.78 is 11.1. The first kappa shape index (κ1) is 59.6. The molecule has 8 atom stereocenters. The van der Waals surface area contributed by atoms with Crippen molar-refractivity contribution in [3.63, 3.8) is 0 Å². The summed E-state index contributed by atoms with van der Waals surface area (Å²) in [5, 5.41) is 64.8. The van der Waals surface area contributed by atoms with Gasteiger partial charge in [0.05, 0.1) is 25.4 Å². The Hall–Kier alpha value is -1.37. The van der Waals surface area contributed by atoms with Crippen molar-refractivity contribution in [1.29, 1.82) is 0 Å². The Morgan fingerprint density at radius 2 is 0.937 bits per heavy atom. The Balaban J connectivity index is 2.28. The van der Waals surface area contributed by atoms with Gasteiger partial charge in [0.2, 0.25) is 5.91 Å². The zero-order valence-electron chi connectivity index (χ0n) is 40.7. The molecule has 10 heteroatoms. The van der Waals surface area contributed by atoms with E-state index in [-0.39, 0.29) is 6.61 Å². The van der Waals surface area contributed by atoms with Crippen LogP contribution in [0, 0.1) is 0 Å². The van der Waals surface area contributed by atoms with E-state index in [1.165, 1.54) is 180 Å². The van der Waals surface area contributed by atoms with E-state index in [0.29, 0.717) is 12.8 Å². The monoisotopic (exact) mass is 896 g/mol. The van der Waals surface area contributed by atoms with Crippen molar-refractivity contribution >= 4 is 5.91 Å². The number of hydrogen-bond acceptors (Lipinski definition) is 9. The Morgan fingerprint density at radius 1 is 0.540 bits per heavy atom. The van der Waals surface area contributed by atoms with Crippen molar-refractivity contribution in [2.45, 2.75) is 294 Å². The van der Waals surface area contributed by atoms with Crippen LogP contribution in [-0.4, -0.2) is 98.7 Å². The molecule has 1 amide bonds. The van der Waals surface area contributed by atoms with Crippen LogP contribution >= 0.6 is 0 Å². The lowest BCUT2D eigenvalue weighted by molar-refractivity contribution is -0.302. The van der Waals surface area contributed by atoms with Gasteiger partial charge in [-0.05, 0) is 32.1 Å². The molecular formula is C53H101NO9. The fourth-order valence-electron chi connectivity index (χ4n) is 8.53. The number of ether oxygens (including phenoxy) is 2. The fraction of sp³-hybridized carbons (Fsp3) is 0.906. The molecule has 0 saturated carbocycles. The van der Waals surface area contributed by atoms with Gasteiger partial charge in [0.25, 0.3) is 0 Å². The lowest BCUT2D eigenvalue weighted by Crippen LogP contribution is -2.60. The summed E-state index contributed by atoms with van der Waals surface area (Å²) >= 11 is 0. The van der Waals surface area contributed by atoms with Gasteiger partial charge in [-0.2, -0.15) is 0 Å². The lowest BCUT2D eigenvalue weighted by atomic mass is 9.99. The molecular weight excluding hydrogens is 795 g/mol. The minimum atomic E-state index is -1.61. The quantitative estimate of drug-likeness (QED) is 0.0232. The predicted molar refractivity (Wildman–Crippen MR) is 260 cm³/mol. The third kappa shape index (κ3) is 32.9. The van der Waals surface area contributed by atoms with Crippen LogP contribution in [0.25, 0.3) is 0 Å². The van der Waals surface area contributed by atoms with Crippen molar-refractivity contribution in [2.24, 2.45) is 0 Å². The number of carbonyl (C=O) groups excluding carboxylic acids is 1. The molecule has 0 aromatic carbocycles. The van der Waals surface area contributed by atoms with Gasteiger partial charge in [-0.15, -0.1) is 0 Å². The zero-order chi connectivity index (χ0) is 46.0. The maximum absolute atomic E-state index is 13.1. The molecule has 1 aliphatic heterocycles. The highest BCUT2D eigenvalue weighted by Gasteiger charge is 2.44. The highest BCUT2D eigenvalue weighted by molar-refractivity contribution is 5.80. The number of unbranched alkanes of at least 4 members (excludes halogenated alkanes) is 32. The Morgan fingerprint density at radius 3 is 1.38 bits per heavy atom. The van der Waals surface area contributed by atoms with Crippen LogP contribution in [0.15, 0.2) is 24.3 Å². The van der Waals surface area contributed by atoms with Crippen LogP contribution in [0.2, 0.25) is 0 Å². The second-order valence-electron chi connectivity index (χ2n) is 18.8. The highest BCUT2D eigenvalue weighted by Crippen LogP contribution is 2.23. The van der Waals surface area contributed by atoms with E-state index in [2.05, 4.69) is 31.3 Å². The van der Waals surface area contributed by atoms with Crippen molar-refractivity contribution in [2.75, 3.05) is 13.2 Å². The number of carbonyl (C=O) groups is 1. The third-order valence-electron chi connectivity index (χ3n) is 12.9. The first-order valence-corrected chi connectivity index (χ1v) is 26.7. The highest BCUT2D eigenvalue weighted by atomic mass is 16.7. The molecule has 7 N–H and O–H groups in total. The molecule has 8 unspecified atom stereocenters. The first-order chi connectivity index (χ1) is 30.8. The number of amides is 1. The van der Waals surface area contributed by atoms with Crippen LogP contribution in [0.3, 0.4) is 0 Å². The molecule has 63 heavy (non-hydrogen) atoms. The smallest absolute Gasteiger partial charge is 0.249 e. The molecule has 0 aromatic heterocycles. The van der Waals surface area contributed by atoms with Crippen LogP contribution in [-0.2, 0) is 14.3 Å². The van der Waals surface area contributed by atoms with E-state index in [1.807, 2.05) is 6.08 Å². The topological polar surface area (TPSA) is 169 Å². The molecule has 10 nitrogen and oxygen atoms in total. The lowest BCUT2D eigenvalue weighted by Gasteiger charge is -2.40. The average Bonchev–Trinajstić information content (AvgIpc) is 3.28. The van der Waals surface area contributed by atoms with E-state index >= 15 is 0 Å². The van der Waals surface area contributed by atoms with Crippen molar-refractivity contribution in [3.8, 4) is 0 Å². The second-order valence-corrected chi connectivity index (χ2v) is 18.8. The van der Waals surface area contributed by atoms with Gasteiger partial charge >= 0.3 is 0 Å². The zero-order valence-corrected chi connectivity index (χ0v) is 40.7. The summed E-state index contributed by atoms with van der Waals surface area (Å²) in [6.45, 7) is 3.61. The molecule has 1 rings (SSSR count). The number of allylic oxidation sites excluding steroid dienone is 3. The van der Waals surface area contributed by atoms with Gasteiger partial charge in [0.1, 0.15) is 30.5 Å². The predicted octanol–water partition coefficient (Wildman–Crippen LogP) is 11.2. The van der Waals surface area contributed by atoms with Crippen LogP contribution in [0.4, 0.5) is 0 Å². The van der Waals surface area contributed by atoms with Crippen LogP contribution in [0.5, 0.6) is 0 Å². The van der Waals surface area contributed by atoms with Gasteiger partial charge in [0, 0.05) is 0 Å². The third-order valence-corrected chi connectivity index (χ3v) is 12.9. The van der Waals surface area contributed by atoms with Gasteiger partial charge in [-0.3, -0.25) is 4.79 Å². The molecule has 1 heterocycles. The first-order valence-electron chi connectivity index (χ1n) is 26.7. The Labute approximate surface area is 386 Å². The Bertz CT molecular complexity index is 1060. The summed E-state index contributed by atoms with van der Waals surface area (Å²) in [6.07, 6.45) is 42.8. The molecule has 1 aliphatic rings. The van der Waals surface area contributed by atoms with Gasteiger partial charge in [-0.25, -0.2) is 0 Å². The number of rotatable bonds is 45. The molecule has 372 valence electrons. The van der Waals surface area contributed by atoms with E-state index in [9.17, 15) is 35.4 Å². The minimum absolute atomic E-state index is 0.308. The maximum Gasteiger partial charge on any atom is 0.249 e. The van der Waals surface area contributed by atoms with Gasteiger partial charge < -0.3 is 45.4 Å². The molecule has 0 bridgehead atoms. The number of nitrogens with one attached hydrogen (secondary N) is 1. The van der Waals surface area contributed by atoms with E-state index < -0.39 is 61.5 Å². The SMILES string of the molecule is CCCCCCCCCC/C=C/CC/C=C/C(O)C(COC1OC(CO)C(O)C(O)C1O)NC(=O)C(O)CCCCCCCCCCCCCCCCCCCCCCCCCC. The van der Waals surface area contributed by atoms with Crippen LogP contribution < -0.4 is 5.32 Å². The maximum atomic E-state index is 13.1. The van der Waals surface area contributed by atoms with Crippen LogP contribution in [0.1, 0.15) is 245 Å². The van der Waals surface area contributed by atoms with Crippen molar-refractivity contribution in [3.05, 3.63) is 24.3 Å². The summed E-state index contributed by atoms with van der Waals surface area (Å²) in [4.78, 5) is 13.1. The second kappa shape index (κ2) is 43.2. The minimum Gasteiger partial charge on any atom is -0.394 e. The average molecular weight is 896 g/mol. The largest absolute Gasteiger partial charge is 0.394 e. The van der Waals surface area contributed by atoms with E-state index in [0.717, 1.165) is 38.5 Å². The van der Waals surface area contributed by atoms with E-state index in [4.69, 9.17) is 9.47 Å². The number of hydrogen-bond donors (Lipinski definition) is 7. The molecule has 0 aromatic rings. The summed E-state index contributed by atoms with van der Waals surface area (Å²) in [5.74, 6) is -0.622. The standard InChI is InChI=1S/C53H101NO9/c1-3-5-7-9-11-13-15-17-19-20-21-22-23-24-25-26-27-28-30-32-34-36-38-40-42-47(57)52(61)54-45(44-62-53-51(60)50(59)49(58)48(43-55)63-53)46(56)41-39-37-35-33-31-29-18-16-14-12-10-8-6-4-2/h31,33,39,41,45-51,53,55-60H,3-30,32,34-38,40,42-44H2,1-2H3,(H,54,61)/b33-31+,41-39+. The van der Waals surface area contributed by atoms with Gasteiger partial charge in [-0.1, -0.05) is 237 Å². The molecule has 0 spiro atoms. The fourth-order valence-corrected chi connectivity index (χ4v) is 8.53. The summed E-state index contributed by atoms with van der Waals surface area (Å²) in [5.41, 5.74) is 0. The normalized spacial score (nSPS) is 20.8. The summed E-state index contributed by atoms with van der Waals surface area (Å²) in [7, 11) is 0. The van der Waals surface area contributed by atoms with E-state index in [1.54, 1.807) is 6.08 Å². The molecule has 0 aliphatic carbocycles. The number of aliphatic hydroxyl groups is 6. The van der Waals surface area contributed by atoms with Crippen molar-refractivity contribution in [1.82, 2.24) is 5.32 Å². The summed E-state index contributed by atoms with van der Waals surface area (Å²) in [6, 6.07) is -0.993. The van der Waals surface area contributed by atoms with Gasteiger partial charge in [0.15, 0.2) is 6.29 Å². The van der Waals surface area contributed by atoms with Crippen molar-refractivity contribution < 1.29 is 44.9 Å². The molecule has 1 saturated heterocycles. The molecule has 1 fully saturated rings. The number of aliphatic hydroxyl groups excluding tert-OH is 6. The molecule has 0 radical (unpaired) electrons. The Kier molecular flexibility index (Phi) is 40.9.